The molecule has 106 valence electrons. The van der Waals surface area contributed by atoms with Gasteiger partial charge in [-0.2, -0.15) is 0 Å². The number of alkyl halides is 1. The molecule has 0 heterocycles. The molecule has 0 aliphatic carbocycles. The minimum absolute atomic E-state index is 0.185. The molecule has 0 aliphatic heterocycles. The van der Waals surface area contributed by atoms with Crippen LogP contribution in [0.5, 0.6) is 0 Å². The minimum atomic E-state index is -1.10. The van der Waals surface area contributed by atoms with Crippen LogP contribution >= 0.6 is 15.9 Å². The molecule has 0 saturated heterocycles. The number of amides is 1. The third-order valence-corrected chi connectivity index (χ3v) is 3.79. The molecule has 0 spiro atoms. The maximum absolute atomic E-state index is 12.3. The Morgan fingerprint density at radius 1 is 0.857 bits per heavy atom. The second-order valence-electron chi connectivity index (χ2n) is 4.41. The lowest BCUT2D eigenvalue weighted by Crippen LogP contribution is -2.30. The summed E-state index contributed by atoms with van der Waals surface area (Å²) in [6.07, 6.45) is 0. The topological polar surface area (TPSA) is 77.2 Å². The van der Waals surface area contributed by atoms with E-state index in [0.29, 0.717) is 11.1 Å². The Hall–Kier alpha value is -2.27. The van der Waals surface area contributed by atoms with Crippen LogP contribution in [0.4, 0.5) is 0 Å². The fourth-order valence-corrected chi connectivity index (χ4v) is 2.11. The van der Waals surface area contributed by atoms with Crippen molar-refractivity contribution in [2.45, 2.75) is 4.83 Å². The van der Waals surface area contributed by atoms with Gasteiger partial charge in [0.05, 0.1) is 0 Å². The summed E-state index contributed by atoms with van der Waals surface area (Å²) in [6, 6.07) is 15.0. The fraction of sp³-hybridized carbons (Fsp3) is 0.0625. The van der Waals surface area contributed by atoms with E-state index in [2.05, 4.69) is 15.9 Å². The molecule has 4 nitrogen and oxygen atoms in total. The number of halogens is 1. The van der Waals surface area contributed by atoms with Gasteiger partial charge in [-0.25, -0.2) is 0 Å². The van der Waals surface area contributed by atoms with Crippen LogP contribution < -0.4 is 5.73 Å². The number of Topliss-reactive ketones (excluding diaryl/α,β-unsaturated/α-hetero) is 1. The number of hydrogen-bond donors (Lipinski definition) is 1. The van der Waals surface area contributed by atoms with E-state index in [9.17, 15) is 14.4 Å². The molecule has 21 heavy (non-hydrogen) atoms. The first-order chi connectivity index (χ1) is 10.0. The number of ketones is 2. The van der Waals surface area contributed by atoms with Gasteiger partial charge in [0.15, 0.2) is 16.4 Å². The number of carbonyl (C=O) groups is 3. The van der Waals surface area contributed by atoms with Gasteiger partial charge in [0.25, 0.3) is 0 Å². The molecule has 2 aromatic rings. The first kappa shape index (κ1) is 15.1. The SMILES string of the molecule is NC(=O)C(Br)C(=O)c1cccc(C(=O)c2ccccc2)c1. The average Bonchev–Trinajstić information content (AvgIpc) is 2.53. The normalized spacial score (nSPS) is 11.7. The number of benzene rings is 2. The summed E-state index contributed by atoms with van der Waals surface area (Å²) in [5, 5.41) is 0. The molecular weight excluding hydrogens is 334 g/mol. The molecule has 0 aliphatic rings. The highest BCUT2D eigenvalue weighted by molar-refractivity contribution is 9.10. The maximum Gasteiger partial charge on any atom is 0.239 e. The highest BCUT2D eigenvalue weighted by Crippen LogP contribution is 2.15. The van der Waals surface area contributed by atoms with Gasteiger partial charge in [0, 0.05) is 16.7 Å². The van der Waals surface area contributed by atoms with Crippen molar-refractivity contribution < 1.29 is 14.4 Å². The third-order valence-electron chi connectivity index (χ3n) is 2.93. The molecule has 2 aromatic carbocycles. The van der Waals surface area contributed by atoms with E-state index in [1.807, 2.05) is 6.07 Å². The van der Waals surface area contributed by atoms with Crippen LogP contribution in [-0.2, 0) is 4.79 Å². The second kappa shape index (κ2) is 6.45. The van der Waals surface area contributed by atoms with Crippen LogP contribution in [0.15, 0.2) is 54.6 Å². The standard InChI is InChI=1S/C16H12BrNO3/c17-13(16(18)21)15(20)12-8-4-7-11(9-12)14(19)10-5-2-1-3-6-10/h1-9,13H,(H2,18,21). The summed E-state index contributed by atoms with van der Waals surface area (Å²) in [5.74, 6) is -1.42. The van der Waals surface area contributed by atoms with Crippen LogP contribution in [0.25, 0.3) is 0 Å². The first-order valence-corrected chi connectivity index (χ1v) is 7.09. The second-order valence-corrected chi connectivity index (χ2v) is 5.32. The molecule has 2 rings (SSSR count). The van der Waals surface area contributed by atoms with Crippen molar-refractivity contribution in [3.8, 4) is 0 Å². The molecule has 0 aromatic heterocycles. The van der Waals surface area contributed by atoms with Gasteiger partial charge in [0.1, 0.15) is 0 Å². The average molecular weight is 346 g/mol. The van der Waals surface area contributed by atoms with Crippen molar-refractivity contribution >= 4 is 33.4 Å². The van der Waals surface area contributed by atoms with Crippen molar-refractivity contribution in [2.75, 3.05) is 0 Å². The molecular formula is C16H12BrNO3. The molecule has 0 fully saturated rings. The lowest BCUT2D eigenvalue weighted by molar-refractivity contribution is -0.116. The van der Waals surface area contributed by atoms with Gasteiger partial charge in [0.2, 0.25) is 5.91 Å². The van der Waals surface area contributed by atoms with Crippen LogP contribution in [0.2, 0.25) is 0 Å². The number of rotatable bonds is 5. The lowest BCUT2D eigenvalue weighted by atomic mass is 9.99. The van der Waals surface area contributed by atoms with E-state index in [-0.39, 0.29) is 11.3 Å². The van der Waals surface area contributed by atoms with Gasteiger partial charge in [-0.3, -0.25) is 14.4 Å². The summed E-state index contributed by atoms with van der Waals surface area (Å²) in [7, 11) is 0. The van der Waals surface area contributed by atoms with Crippen molar-refractivity contribution in [2.24, 2.45) is 5.73 Å². The van der Waals surface area contributed by atoms with Gasteiger partial charge >= 0.3 is 0 Å². The zero-order chi connectivity index (χ0) is 15.4. The van der Waals surface area contributed by atoms with Gasteiger partial charge < -0.3 is 5.73 Å². The van der Waals surface area contributed by atoms with E-state index >= 15 is 0 Å². The first-order valence-electron chi connectivity index (χ1n) is 6.18. The fourth-order valence-electron chi connectivity index (χ4n) is 1.85. The Morgan fingerprint density at radius 3 is 2.05 bits per heavy atom. The quantitative estimate of drug-likeness (QED) is 0.513. The lowest BCUT2D eigenvalue weighted by Gasteiger charge is -2.07. The van der Waals surface area contributed by atoms with Gasteiger partial charge in [-0.05, 0) is 6.07 Å². The van der Waals surface area contributed by atoms with Crippen LogP contribution in [0.1, 0.15) is 26.3 Å². The summed E-state index contributed by atoms with van der Waals surface area (Å²) in [6.45, 7) is 0. The van der Waals surface area contributed by atoms with Crippen molar-refractivity contribution in [3.63, 3.8) is 0 Å². The Labute approximate surface area is 130 Å². The molecule has 1 unspecified atom stereocenters. The molecule has 0 saturated carbocycles. The third kappa shape index (κ3) is 3.44. The zero-order valence-electron chi connectivity index (χ0n) is 11.0. The van der Waals surface area contributed by atoms with Gasteiger partial charge in [-0.15, -0.1) is 0 Å². The Kier molecular flexibility index (Phi) is 4.65. The summed E-state index contributed by atoms with van der Waals surface area (Å²) < 4.78 is 0. The molecule has 5 heteroatoms. The number of hydrogen-bond acceptors (Lipinski definition) is 3. The number of carbonyl (C=O) groups excluding carboxylic acids is 3. The Morgan fingerprint density at radius 2 is 1.43 bits per heavy atom. The summed E-state index contributed by atoms with van der Waals surface area (Å²) in [5.41, 5.74) is 6.27. The van der Waals surface area contributed by atoms with Crippen molar-refractivity contribution in [1.29, 1.82) is 0 Å². The van der Waals surface area contributed by atoms with E-state index in [4.69, 9.17) is 5.73 Å². The largest absolute Gasteiger partial charge is 0.368 e. The van der Waals surface area contributed by atoms with E-state index in [1.165, 1.54) is 6.07 Å². The molecule has 1 atom stereocenters. The van der Waals surface area contributed by atoms with E-state index in [0.717, 1.165) is 0 Å². The predicted octanol–water partition coefficient (Wildman–Crippen LogP) is 2.35. The van der Waals surface area contributed by atoms with Gasteiger partial charge in [-0.1, -0.05) is 64.5 Å². The predicted molar refractivity (Wildman–Crippen MR) is 82.6 cm³/mol. The van der Waals surface area contributed by atoms with Crippen LogP contribution in [0, 0.1) is 0 Å². The molecule has 1 amide bonds. The summed E-state index contributed by atoms with van der Waals surface area (Å²) >= 11 is 2.94. The smallest absolute Gasteiger partial charge is 0.239 e. The molecule has 2 N–H and O–H groups in total. The van der Waals surface area contributed by atoms with Crippen molar-refractivity contribution in [3.05, 3.63) is 71.3 Å². The van der Waals surface area contributed by atoms with Crippen molar-refractivity contribution in [1.82, 2.24) is 0 Å². The minimum Gasteiger partial charge on any atom is -0.368 e. The highest BCUT2D eigenvalue weighted by atomic mass is 79.9. The van der Waals surface area contributed by atoms with Crippen LogP contribution in [-0.4, -0.2) is 22.3 Å². The number of primary amides is 1. The summed E-state index contributed by atoms with van der Waals surface area (Å²) in [4.78, 5) is 34.3. The maximum atomic E-state index is 12.3. The monoisotopic (exact) mass is 345 g/mol. The van der Waals surface area contributed by atoms with Crippen LogP contribution in [0.3, 0.4) is 0 Å². The zero-order valence-corrected chi connectivity index (χ0v) is 12.5. The Bertz CT molecular complexity index is 698. The van der Waals surface area contributed by atoms with E-state index in [1.54, 1.807) is 42.5 Å². The van der Waals surface area contributed by atoms with E-state index < -0.39 is 16.5 Å². The Balaban J connectivity index is 2.32. The highest BCUT2D eigenvalue weighted by Gasteiger charge is 2.23. The molecule has 0 bridgehead atoms. The number of nitrogens with two attached hydrogens (primary N) is 1. The molecule has 0 radical (unpaired) electrons.